The molecule has 2 atom stereocenters. The summed E-state index contributed by atoms with van der Waals surface area (Å²) in [6.45, 7) is 7.48. The van der Waals surface area contributed by atoms with Gasteiger partial charge in [-0.2, -0.15) is 0 Å². The molecule has 0 fully saturated rings. The van der Waals surface area contributed by atoms with E-state index in [0.717, 1.165) is 24.9 Å². The van der Waals surface area contributed by atoms with E-state index in [4.69, 9.17) is 0 Å². The summed E-state index contributed by atoms with van der Waals surface area (Å²) in [4.78, 5) is 3.82. The summed E-state index contributed by atoms with van der Waals surface area (Å²) in [5.74, 6) is 0.409. The molecule has 102 valence electrons. The number of aromatic nitrogens is 1. The lowest BCUT2D eigenvalue weighted by Crippen LogP contribution is -2.25. The summed E-state index contributed by atoms with van der Waals surface area (Å²) in [5, 5.41) is 3.45. The van der Waals surface area contributed by atoms with E-state index >= 15 is 0 Å². The lowest BCUT2D eigenvalue weighted by molar-refractivity contribution is 0.381. The van der Waals surface area contributed by atoms with Crippen molar-refractivity contribution in [2.75, 3.05) is 6.54 Å². The van der Waals surface area contributed by atoms with Crippen LogP contribution in [0.3, 0.4) is 0 Å². The van der Waals surface area contributed by atoms with Crippen LogP contribution in [0.15, 0.2) is 18.5 Å². The zero-order valence-corrected chi connectivity index (χ0v) is 11.7. The molecule has 3 heteroatoms. The standard InChI is InChI=1S/C15H25FN2/c1-4-6-12(3)10-15(18-8-5-2)13-7-9-17-11-14(13)16/h7,9,11-12,15,18H,4-6,8,10H2,1-3H3. The molecule has 1 N–H and O–H groups in total. The molecule has 0 aromatic carbocycles. The molecule has 18 heavy (non-hydrogen) atoms. The Bertz CT molecular complexity index is 341. The van der Waals surface area contributed by atoms with Gasteiger partial charge in [-0.15, -0.1) is 0 Å². The lowest BCUT2D eigenvalue weighted by atomic mass is 9.93. The van der Waals surface area contributed by atoms with Crippen molar-refractivity contribution >= 4 is 0 Å². The molecule has 0 saturated heterocycles. The van der Waals surface area contributed by atoms with Crippen LogP contribution in [0.5, 0.6) is 0 Å². The summed E-state index contributed by atoms with van der Waals surface area (Å²) in [6.07, 6.45) is 7.39. The van der Waals surface area contributed by atoms with E-state index in [0.29, 0.717) is 5.92 Å². The minimum absolute atomic E-state index is 0.106. The Hall–Kier alpha value is -0.960. The Kier molecular flexibility index (Phi) is 6.88. The van der Waals surface area contributed by atoms with Gasteiger partial charge in [-0.25, -0.2) is 4.39 Å². The molecular formula is C15H25FN2. The topological polar surface area (TPSA) is 24.9 Å². The molecule has 1 aromatic heterocycles. The normalized spacial score (nSPS) is 14.4. The molecule has 1 aromatic rings. The van der Waals surface area contributed by atoms with E-state index < -0.39 is 0 Å². The maximum Gasteiger partial charge on any atom is 0.146 e. The molecule has 0 saturated carbocycles. The fourth-order valence-electron chi connectivity index (χ4n) is 2.32. The molecule has 2 unspecified atom stereocenters. The minimum atomic E-state index is -0.199. The number of nitrogens with zero attached hydrogens (tertiary/aromatic N) is 1. The number of hydrogen-bond acceptors (Lipinski definition) is 2. The first-order valence-corrected chi connectivity index (χ1v) is 7.01. The van der Waals surface area contributed by atoms with Gasteiger partial charge in [0, 0.05) is 17.8 Å². The summed E-state index contributed by atoms with van der Waals surface area (Å²) in [7, 11) is 0. The molecular weight excluding hydrogens is 227 g/mol. The van der Waals surface area contributed by atoms with Crippen LogP contribution in [0, 0.1) is 11.7 Å². The van der Waals surface area contributed by atoms with Crippen LogP contribution in [0.4, 0.5) is 4.39 Å². The second kappa shape index (κ2) is 8.20. The third-order valence-electron chi connectivity index (χ3n) is 3.24. The van der Waals surface area contributed by atoms with Crippen LogP contribution in [0.25, 0.3) is 0 Å². The van der Waals surface area contributed by atoms with Gasteiger partial charge in [0.2, 0.25) is 0 Å². The number of halogens is 1. The Morgan fingerprint density at radius 2 is 2.11 bits per heavy atom. The van der Waals surface area contributed by atoms with Crippen LogP contribution in [-0.4, -0.2) is 11.5 Å². The Morgan fingerprint density at radius 3 is 2.72 bits per heavy atom. The highest BCUT2D eigenvalue weighted by atomic mass is 19.1. The average Bonchev–Trinajstić information content (AvgIpc) is 2.35. The second-order valence-electron chi connectivity index (χ2n) is 5.03. The van der Waals surface area contributed by atoms with Crippen molar-refractivity contribution in [3.8, 4) is 0 Å². The third-order valence-corrected chi connectivity index (χ3v) is 3.24. The lowest BCUT2D eigenvalue weighted by Gasteiger charge is -2.22. The van der Waals surface area contributed by atoms with E-state index in [-0.39, 0.29) is 11.9 Å². The monoisotopic (exact) mass is 252 g/mol. The van der Waals surface area contributed by atoms with Crippen molar-refractivity contribution in [2.45, 2.75) is 52.5 Å². The SMILES string of the molecule is CCCNC(CC(C)CCC)c1ccncc1F. The Labute approximate surface area is 110 Å². The summed E-state index contributed by atoms with van der Waals surface area (Å²) >= 11 is 0. The maximum absolute atomic E-state index is 13.8. The number of pyridine rings is 1. The minimum Gasteiger partial charge on any atom is -0.310 e. The summed E-state index contributed by atoms with van der Waals surface area (Å²) in [6, 6.07) is 1.90. The molecule has 0 aliphatic rings. The van der Waals surface area contributed by atoms with E-state index in [9.17, 15) is 4.39 Å². The maximum atomic E-state index is 13.8. The van der Waals surface area contributed by atoms with Crippen molar-refractivity contribution < 1.29 is 4.39 Å². The van der Waals surface area contributed by atoms with Gasteiger partial charge in [0.05, 0.1) is 6.20 Å². The van der Waals surface area contributed by atoms with Crippen molar-refractivity contribution in [3.63, 3.8) is 0 Å². The fourth-order valence-corrected chi connectivity index (χ4v) is 2.32. The molecule has 0 spiro atoms. The summed E-state index contributed by atoms with van der Waals surface area (Å²) < 4.78 is 13.8. The van der Waals surface area contributed by atoms with Gasteiger partial charge in [0.25, 0.3) is 0 Å². The van der Waals surface area contributed by atoms with Crippen LogP contribution < -0.4 is 5.32 Å². The van der Waals surface area contributed by atoms with Crippen molar-refractivity contribution in [1.82, 2.24) is 10.3 Å². The van der Waals surface area contributed by atoms with Crippen molar-refractivity contribution in [1.29, 1.82) is 0 Å². The van der Waals surface area contributed by atoms with Crippen LogP contribution >= 0.6 is 0 Å². The highest BCUT2D eigenvalue weighted by molar-refractivity contribution is 5.17. The fraction of sp³-hybridized carbons (Fsp3) is 0.667. The molecule has 1 heterocycles. The Morgan fingerprint density at radius 1 is 1.33 bits per heavy atom. The first kappa shape index (κ1) is 15.1. The van der Waals surface area contributed by atoms with Gasteiger partial charge in [-0.3, -0.25) is 4.98 Å². The molecule has 0 amide bonds. The third kappa shape index (κ3) is 4.73. The van der Waals surface area contributed by atoms with Gasteiger partial charge in [0.1, 0.15) is 5.82 Å². The quantitative estimate of drug-likeness (QED) is 0.754. The average molecular weight is 252 g/mol. The van der Waals surface area contributed by atoms with E-state index in [2.05, 4.69) is 31.1 Å². The predicted octanol–water partition coefficient (Wildman–Crippen LogP) is 4.09. The zero-order chi connectivity index (χ0) is 13.4. The number of rotatable bonds is 8. The van der Waals surface area contributed by atoms with E-state index in [1.807, 2.05) is 0 Å². The highest BCUT2D eigenvalue weighted by Gasteiger charge is 2.17. The van der Waals surface area contributed by atoms with Gasteiger partial charge in [-0.05, 0) is 31.4 Å². The van der Waals surface area contributed by atoms with Crippen molar-refractivity contribution in [3.05, 3.63) is 29.8 Å². The van der Waals surface area contributed by atoms with E-state index in [1.54, 1.807) is 12.3 Å². The smallest absolute Gasteiger partial charge is 0.146 e. The Balaban J connectivity index is 2.74. The molecule has 0 radical (unpaired) electrons. The van der Waals surface area contributed by atoms with Crippen molar-refractivity contribution in [2.24, 2.45) is 5.92 Å². The van der Waals surface area contributed by atoms with Crippen LogP contribution in [0.1, 0.15) is 58.1 Å². The van der Waals surface area contributed by atoms with Gasteiger partial charge in [-0.1, -0.05) is 33.6 Å². The molecule has 0 aliphatic carbocycles. The second-order valence-corrected chi connectivity index (χ2v) is 5.03. The first-order chi connectivity index (χ1) is 8.69. The number of nitrogens with one attached hydrogen (secondary N) is 1. The van der Waals surface area contributed by atoms with Gasteiger partial charge >= 0.3 is 0 Å². The highest BCUT2D eigenvalue weighted by Crippen LogP contribution is 2.25. The molecule has 1 rings (SSSR count). The summed E-state index contributed by atoms with van der Waals surface area (Å²) in [5.41, 5.74) is 0.751. The molecule has 0 bridgehead atoms. The first-order valence-electron chi connectivity index (χ1n) is 7.01. The van der Waals surface area contributed by atoms with Gasteiger partial charge < -0.3 is 5.32 Å². The molecule has 0 aliphatic heterocycles. The number of hydrogen-bond donors (Lipinski definition) is 1. The largest absolute Gasteiger partial charge is 0.310 e. The van der Waals surface area contributed by atoms with E-state index in [1.165, 1.54) is 19.0 Å². The van der Waals surface area contributed by atoms with Crippen LogP contribution in [-0.2, 0) is 0 Å². The van der Waals surface area contributed by atoms with Gasteiger partial charge in [0.15, 0.2) is 0 Å². The molecule has 2 nitrogen and oxygen atoms in total. The predicted molar refractivity (Wildman–Crippen MR) is 73.9 cm³/mol. The zero-order valence-electron chi connectivity index (χ0n) is 11.7. The van der Waals surface area contributed by atoms with Crippen LogP contribution in [0.2, 0.25) is 0 Å².